The Morgan fingerprint density at radius 2 is 2.00 bits per heavy atom. The molecule has 3 heteroatoms. The van der Waals surface area contributed by atoms with Crippen molar-refractivity contribution >= 4 is 11.3 Å². The van der Waals surface area contributed by atoms with E-state index in [0.29, 0.717) is 5.56 Å². The van der Waals surface area contributed by atoms with Gasteiger partial charge in [-0.15, -0.1) is 0 Å². The van der Waals surface area contributed by atoms with E-state index in [9.17, 15) is 4.39 Å². The summed E-state index contributed by atoms with van der Waals surface area (Å²) in [6.07, 6.45) is 0. The molecule has 0 saturated heterocycles. The Morgan fingerprint density at radius 1 is 1.22 bits per heavy atom. The van der Waals surface area contributed by atoms with E-state index in [0.717, 1.165) is 12.1 Å². The van der Waals surface area contributed by atoms with E-state index in [4.69, 9.17) is 0 Å². The van der Waals surface area contributed by atoms with Crippen LogP contribution >= 0.6 is 11.3 Å². The van der Waals surface area contributed by atoms with Gasteiger partial charge in [-0.2, -0.15) is 11.3 Å². The van der Waals surface area contributed by atoms with Crippen molar-refractivity contribution in [3.05, 3.63) is 57.0 Å². The zero-order valence-corrected chi connectivity index (χ0v) is 11.8. The van der Waals surface area contributed by atoms with Crippen molar-refractivity contribution in [2.75, 3.05) is 6.54 Å². The molecule has 0 aliphatic rings. The van der Waals surface area contributed by atoms with Gasteiger partial charge in [0.2, 0.25) is 0 Å². The Labute approximate surface area is 112 Å². The van der Waals surface area contributed by atoms with Crippen LogP contribution in [0.3, 0.4) is 0 Å². The topological polar surface area (TPSA) is 12.0 Å². The summed E-state index contributed by atoms with van der Waals surface area (Å²) in [4.78, 5) is 0. The van der Waals surface area contributed by atoms with Crippen molar-refractivity contribution < 1.29 is 4.39 Å². The smallest absolute Gasteiger partial charge is 0.126 e. The fourth-order valence-electron chi connectivity index (χ4n) is 2.13. The molecule has 1 aromatic heterocycles. The summed E-state index contributed by atoms with van der Waals surface area (Å²) in [6.45, 7) is 6.90. The Kier molecular flexibility index (Phi) is 4.15. The zero-order chi connectivity index (χ0) is 13.1. The summed E-state index contributed by atoms with van der Waals surface area (Å²) in [5, 5.41) is 7.79. The lowest BCUT2D eigenvalue weighted by Crippen LogP contribution is -2.22. The summed E-state index contributed by atoms with van der Waals surface area (Å²) in [6, 6.07) is 5.50. The summed E-state index contributed by atoms with van der Waals surface area (Å²) in [5.74, 6) is -0.143. The molecule has 0 aliphatic carbocycles. The SMILES string of the molecule is CCNC(c1ccc(F)c(C)c1)c1cscc1C. The second-order valence-corrected chi connectivity index (χ2v) is 5.25. The Hall–Kier alpha value is -1.19. The molecular formula is C15H18FNS. The van der Waals surface area contributed by atoms with Crippen molar-refractivity contribution in [3.63, 3.8) is 0 Å². The molecule has 1 unspecified atom stereocenters. The van der Waals surface area contributed by atoms with Crippen molar-refractivity contribution in [2.24, 2.45) is 0 Å². The van der Waals surface area contributed by atoms with Gasteiger partial charge in [-0.05, 0) is 59.5 Å². The quantitative estimate of drug-likeness (QED) is 0.871. The van der Waals surface area contributed by atoms with Gasteiger partial charge in [0.15, 0.2) is 0 Å². The highest BCUT2D eigenvalue weighted by molar-refractivity contribution is 7.08. The van der Waals surface area contributed by atoms with Crippen molar-refractivity contribution in [1.29, 1.82) is 0 Å². The van der Waals surface area contributed by atoms with Crippen LogP contribution in [0.4, 0.5) is 4.39 Å². The molecule has 0 bridgehead atoms. The molecule has 1 heterocycles. The number of aryl methyl sites for hydroxylation is 2. The van der Waals surface area contributed by atoms with Crippen LogP contribution in [0.5, 0.6) is 0 Å². The summed E-state index contributed by atoms with van der Waals surface area (Å²) in [5.41, 5.74) is 4.39. The molecule has 0 aliphatic heterocycles. The minimum atomic E-state index is -0.143. The maximum absolute atomic E-state index is 13.4. The predicted octanol–water partition coefficient (Wildman–Crippen LogP) is 4.20. The molecule has 2 rings (SSSR count). The minimum absolute atomic E-state index is 0.143. The van der Waals surface area contributed by atoms with Gasteiger partial charge in [-0.25, -0.2) is 4.39 Å². The van der Waals surface area contributed by atoms with E-state index in [1.165, 1.54) is 11.1 Å². The summed E-state index contributed by atoms with van der Waals surface area (Å²) >= 11 is 1.71. The average molecular weight is 263 g/mol. The number of thiophene rings is 1. The van der Waals surface area contributed by atoms with Gasteiger partial charge in [0.25, 0.3) is 0 Å². The lowest BCUT2D eigenvalue weighted by molar-refractivity contribution is 0.606. The first-order valence-electron chi connectivity index (χ1n) is 6.15. The Bertz CT molecular complexity index is 533. The van der Waals surface area contributed by atoms with Crippen LogP contribution in [-0.2, 0) is 0 Å². The molecule has 0 saturated carbocycles. The van der Waals surface area contributed by atoms with Crippen LogP contribution < -0.4 is 5.32 Å². The van der Waals surface area contributed by atoms with Gasteiger partial charge in [0.05, 0.1) is 6.04 Å². The van der Waals surface area contributed by atoms with Gasteiger partial charge in [0, 0.05) is 0 Å². The lowest BCUT2D eigenvalue weighted by Gasteiger charge is -2.19. The number of benzene rings is 1. The third-order valence-corrected chi connectivity index (χ3v) is 4.01. The fourth-order valence-corrected chi connectivity index (χ4v) is 3.00. The molecule has 0 spiro atoms. The van der Waals surface area contributed by atoms with Gasteiger partial charge in [-0.1, -0.05) is 19.1 Å². The zero-order valence-electron chi connectivity index (χ0n) is 11.0. The summed E-state index contributed by atoms with van der Waals surface area (Å²) in [7, 11) is 0. The van der Waals surface area contributed by atoms with Crippen LogP contribution in [0.1, 0.15) is 35.2 Å². The third kappa shape index (κ3) is 2.62. The highest BCUT2D eigenvalue weighted by Gasteiger charge is 2.16. The molecule has 1 atom stereocenters. The fraction of sp³-hybridized carbons (Fsp3) is 0.333. The molecule has 0 radical (unpaired) electrons. The minimum Gasteiger partial charge on any atom is -0.306 e. The Balaban J connectivity index is 2.41. The van der Waals surface area contributed by atoms with E-state index < -0.39 is 0 Å². The standard InChI is InChI=1S/C15H18FNS/c1-4-17-15(13-9-18-8-11(13)3)12-5-6-14(16)10(2)7-12/h5-9,15,17H,4H2,1-3H3. The van der Waals surface area contributed by atoms with E-state index in [1.807, 2.05) is 19.1 Å². The second-order valence-electron chi connectivity index (χ2n) is 4.51. The first-order chi connectivity index (χ1) is 8.63. The largest absolute Gasteiger partial charge is 0.306 e. The maximum Gasteiger partial charge on any atom is 0.126 e. The van der Waals surface area contributed by atoms with E-state index in [2.05, 4.69) is 29.9 Å². The van der Waals surface area contributed by atoms with E-state index in [-0.39, 0.29) is 11.9 Å². The van der Waals surface area contributed by atoms with Gasteiger partial charge < -0.3 is 5.32 Å². The van der Waals surface area contributed by atoms with Crippen LogP contribution in [-0.4, -0.2) is 6.54 Å². The monoisotopic (exact) mass is 263 g/mol. The van der Waals surface area contributed by atoms with Crippen LogP contribution in [0.25, 0.3) is 0 Å². The molecular weight excluding hydrogens is 245 g/mol. The highest BCUT2D eigenvalue weighted by atomic mass is 32.1. The highest BCUT2D eigenvalue weighted by Crippen LogP contribution is 2.28. The number of rotatable bonds is 4. The number of halogens is 1. The molecule has 0 fully saturated rings. The van der Waals surface area contributed by atoms with E-state index >= 15 is 0 Å². The maximum atomic E-state index is 13.4. The van der Waals surface area contributed by atoms with Crippen LogP contribution in [0.2, 0.25) is 0 Å². The van der Waals surface area contributed by atoms with Crippen molar-refractivity contribution in [3.8, 4) is 0 Å². The molecule has 0 amide bonds. The van der Waals surface area contributed by atoms with Gasteiger partial charge >= 0.3 is 0 Å². The Morgan fingerprint density at radius 3 is 2.56 bits per heavy atom. The first-order valence-corrected chi connectivity index (χ1v) is 7.10. The number of hydrogen-bond acceptors (Lipinski definition) is 2. The molecule has 1 N–H and O–H groups in total. The lowest BCUT2D eigenvalue weighted by atomic mass is 9.97. The van der Waals surface area contributed by atoms with Crippen molar-refractivity contribution in [1.82, 2.24) is 5.32 Å². The molecule has 96 valence electrons. The van der Waals surface area contributed by atoms with Crippen LogP contribution in [0.15, 0.2) is 29.0 Å². The van der Waals surface area contributed by atoms with Gasteiger partial charge in [-0.3, -0.25) is 0 Å². The molecule has 2 aromatic rings. The van der Waals surface area contributed by atoms with Crippen molar-refractivity contribution in [2.45, 2.75) is 26.8 Å². The molecule has 1 nitrogen and oxygen atoms in total. The third-order valence-electron chi connectivity index (χ3n) is 3.13. The molecule has 1 aromatic carbocycles. The van der Waals surface area contributed by atoms with Gasteiger partial charge in [0.1, 0.15) is 5.82 Å². The van der Waals surface area contributed by atoms with E-state index in [1.54, 1.807) is 17.4 Å². The average Bonchev–Trinajstić information content (AvgIpc) is 2.76. The van der Waals surface area contributed by atoms with Crippen LogP contribution in [0, 0.1) is 19.7 Å². The normalized spacial score (nSPS) is 12.7. The number of hydrogen-bond donors (Lipinski definition) is 1. The second kappa shape index (κ2) is 5.63. The first kappa shape index (κ1) is 13.2. The molecule has 18 heavy (non-hydrogen) atoms. The summed E-state index contributed by atoms with van der Waals surface area (Å²) < 4.78 is 13.4. The number of nitrogens with one attached hydrogen (secondary N) is 1. The predicted molar refractivity (Wildman–Crippen MR) is 75.7 cm³/mol.